The van der Waals surface area contributed by atoms with Gasteiger partial charge in [-0.05, 0) is 67.1 Å². The van der Waals surface area contributed by atoms with Crippen molar-refractivity contribution in [1.82, 2.24) is 0 Å². The van der Waals surface area contributed by atoms with Crippen LogP contribution in [0.2, 0.25) is 0 Å². The summed E-state index contributed by atoms with van der Waals surface area (Å²) in [6, 6.07) is 0. The van der Waals surface area contributed by atoms with Gasteiger partial charge in [0, 0.05) is 0 Å². The molecule has 0 aromatic rings. The predicted octanol–water partition coefficient (Wildman–Crippen LogP) is 6.61. The van der Waals surface area contributed by atoms with E-state index in [0.29, 0.717) is 10.8 Å². The Labute approximate surface area is 127 Å². The van der Waals surface area contributed by atoms with Crippen molar-refractivity contribution in [3.63, 3.8) is 0 Å². The first-order chi connectivity index (χ1) is 9.35. The molecule has 4 atom stereocenters. The van der Waals surface area contributed by atoms with Gasteiger partial charge >= 0.3 is 0 Å². The Balaban J connectivity index is 1.99. The van der Waals surface area contributed by atoms with Crippen LogP contribution in [0.4, 0.5) is 0 Å². The first kappa shape index (κ1) is 16.1. The van der Waals surface area contributed by atoms with Crippen molar-refractivity contribution in [3.8, 4) is 0 Å². The van der Waals surface area contributed by atoms with Gasteiger partial charge in [-0.1, -0.05) is 59.6 Å². The van der Waals surface area contributed by atoms with Gasteiger partial charge in [-0.3, -0.25) is 0 Å². The molecule has 0 aliphatic heterocycles. The molecule has 0 radical (unpaired) electrons. The highest BCUT2D eigenvalue weighted by Crippen LogP contribution is 2.50. The summed E-state index contributed by atoms with van der Waals surface area (Å²) in [6.45, 7) is 12.4. The van der Waals surface area contributed by atoms with E-state index >= 15 is 0 Å². The van der Waals surface area contributed by atoms with Crippen LogP contribution < -0.4 is 0 Å². The van der Waals surface area contributed by atoms with Crippen LogP contribution in [0.5, 0.6) is 0 Å². The standard InChI is InChI=1S/C20H36/c1-16(2)18-10-6-7-12-20(18,5)14-13-19(4)11-8-9-17(3)15-19/h6-7,16-18H,8-15H2,1-5H3/t17?,18-,19+,20-/m1/s1. The Bertz CT molecular complexity index is 340. The Morgan fingerprint density at radius 1 is 1.15 bits per heavy atom. The third-order valence-corrected chi connectivity index (χ3v) is 6.46. The minimum absolute atomic E-state index is 0.548. The molecular weight excluding hydrogens is 240 g/mol. The molecule has 0 aromatic heterocycles. The van der Waals surface area contributed by atoms with E-state index in [4.69, 9.17) is 0 Å². The van der Waals surface area contributed by atoms with Crippen LogP contribution in [-0.4, -0.2) is 0 Å². The molecule has 116 valence electrons. The maximum atomic E-state index is 2.57. The zero-order valence-electron chi connectivity index (χ0n) is 14.5. The highest BCUT2D eigenvalue weighted by atomic mass is 14.4. The second-order valence-corrected chi connectivity index (χ2v) is 8.93. The normalized spacial score (nSPS) is 42.1. The molecule has 0 amide bonds. The lowest BCUT2D eigenvalue weighted by atomic mass is 9.60. The third-order valence-electron chi connectivity index (χ3n) is 6.46. The van der Waals surface area contributed by atoms with Crippen molar-refractivity contribution in [3.05, 3.63) is 12.2 Å². The van der Waals surface area contributed by atoms with Crippen molar-refractivity contribution in [2.24, 2.45) is 28.6 Å². The van der Waals surface area contributed by atoms with Gasteiger partial charge in [-0.2, -0.15) is 0 Å². The Kier molecular flexibility index (Phi) is 5.03. The Morgan fingerprint density at radius 3 is 2.55 bits per heavy atom. The van der Waals surface area contributed by atoms with Crippen LogP contribution in [-0.2, 0) is 0 Å². The molecule has 0 nitrogen and oxygen atoms in total. The molecule has 1 unspecified atom stereocenters. The van der Waals surface area contributed by atoms with E-state index in [1.807, 2.05) is 0 Å². The molecule has 2 aliphatic rings. The summed E-state index contributed by atoms with van der Waals surface area (Å²) in [6.07, 6.45) is 16.2. The van der Waals surface area contributed by atoms with Gasteiger partial charge in [0.15, 0.2) is 0 Å². The predicted molar refractivity (Wildman–Crippen MR) is 89.8 cm³/mol. The van der Waals surface area contributed by atoms with Gasteiger partial charge in [0.2, 0.25) is 0 Å². The van der Waals surface area contributed by atoms with Crippen LogP contribution >= 0.6 is 0 Å². The highest BCUT2D eigenvalue weighted by Gasteiger charge is 2.39. The second-order valence-electron chi connectivity index (χ2n) is 8.93. The number of hydrogen-bond acceptors (Lipinski definition) is 0. The highest BCUT2D eigenvalue weighted by molar-refractivity contribution is 5.02. The molecule has 0 heteroatoms. The molecule has 20 heavy (non-hydrogen) atoms. The van der Waals surface area contributed by atoms with Crippen LogP contribution in [0.15, 0.2) is 12.2 Å². The number of rotatable bonds is 4. The molecule has 0 bridgehead atoms. The molecule has 1 fully saturated rings. The van der Waals surface area contributed by atoms with Crippen LogP contribution in [0.1, 0.15) is 86.0 Å². The Hall–Kier alpha value is -0.260. The van der Waals surface area contributed by atoms with Crippen molar-refractivity contribution >= 4 is 0 Å². The van der Waals surface area contributed by atoms with Crippen LogP contribution in [0.25, 0.3) is 0 Å². The quantitative estimate of drug-likeness (QED) is 0.507. The SMILES string of the molecule is CC1CCC[C@@](C)(CC[C@@]2(C)CC=CC[C@@H]2C(C)C)C1. The van der Waals surface area contributed by atoms with E-state index < -0.39 is 0 Å². The lowest BCUT2D eigenvalue weighted by Gasteiger charge is -2.45. The van der Waals surface area contributed by atoms with E-state index in [0.717, 1.165) is 17.8 Å². The summed E-state index contributed by atoms with van der Waals surface area (Å²) in [7, 11) is 0. The first-order valence-electron chi connectivity index (χ1n) is 9.00. The second kappa shape index (κ2) is 6.24. The molecule has 0 aromatic carbocycles. The van der Waals surface area contributed by atoms with E-state index in [2.05, 4.69) is 46.8 Å². The van der Waals surface area contributed by atoms with E-state index in [9.17, 15) is 0 Å². The molecule has 2 aliphatic carbocycles. The molecule has 0 N–H and O–H groups in total. The summed E-state index contributed by atoms with van der Waals surface area (Å²) in [5.74, 6) is 2.66. The molecule has 0 spiro atoms. The van der Waals surface area contributed by atoms with Crippen molar-refractivity contribution in [2.45, 2.75) is 86.0 Å². The fraction of sp³-hybridized carbons (Fsp3) is 0.900. The minimum Gasteiger partial charge on any atom is -0.0882 e. The fourth-order valence-corrected chi connectivity index (χ4v) is 5.13. The third kappa shape index (κ3) is 3.68. The number of hydrogen-bond donors (Lipinski definition) is 0. The van der Waals surface area contributed by atoms with Crippen molar-refractivity contribution < 1.29 is 0 Å². The minimum atomic E-state index is 0.548. The lowest BCUT2D eigenvalue weighted by Crippen LogP contribution is -2.35. The van der Waals surface area contributed by atoms with Crippen LogP contribution in [0, 0.1) is 28.6 Å². The van der Waals surface area contributed by atoms with Gasteiger partial charge in [0.25, 0.3) is 0 Å². The van der Waals surface area contributed by atoms with Crippen molar-refractivity contribution in [1.29, 1.82) is 0 Å². The Morgan fingerprint density at radius 2 is 1.90 bits per heavy atom. The van der Waals surface area contributed by atoms with E-state index in [1.165, 1.54) is 51.4 Å². The molecule has 1 saturated carbocycles. The maximum absolute atomic E-state index is 2.57. The summed E-state index contributed by atoms with van der Waals surface area (Å²) in [4.78, 5) is 0. The fourth-order valence-electron chi connectivity index (χ4n) is 5.13. The van der Waals surface area contributed by atoms with Crippen molar-refractivity contribution in [2.75, 3.05) is 0 Å². The van der Waals surface area contributed by atoms with E-state index in [-0.39, 0.29) is 0 Å². The average Bonchev–Trinajstić information content (AvgIpc) is 2.37. The maximum Gasteiger partial charge on any atom is -0.0257 e. The summed E-state index contributed by atoms with van der Waals surface area (Å²) in [5, 5.41) is 0. The molecule has 0 heterocycles. The summed E-state index contributed by atoms with van der Waals surface area (Å²) >= 11 is 0. The summed E-state index contributed by atoms with van der Waals surface area (Å²) in [5.41, 5.74) is 1.18. The molecule has 2 rings (SSSR count). The van der Waals surface area contributed by atoms with Gasteiger partial charge in [0.1, 0.15) is 0 Å². The summed E-state index contributed by atoms with van der Waals surface area (Å²) < 4.78 is 0. The van der Waals surface area contributed by atoms with Gasteiger partial charge in [-0.25, -0.2) is 0 Å². The van der Waals surface area contributed by atoms with Gasteiger partial charge in [0.05, 0.1) is 0 Å². The topological polar surface area (TPSA) is 0 Å². The zero-order chi connectivity index (χ0) is 14.8. The van der Waals surface area contributed by atoms with Crippen LogP contribution in [0.3, 0.4) is 0 Å². The number of allylic oxidation sites excluding steroid dienone is 2. The molecular formula is C20H36. The zero-order valence-corrected chi connectivity index (χ0v) is 14.5. The largest absolute Gasteiger partial charge is 0.0882 e. The monoisotopic (exact) mass is 276 g/mol. The average molecular weight is 277 g/mol. The smallest absolute Gasteiger partial charge is 0.0257 e. The van der Waals surface area contributed by atoms with Gasteiger partial charge < -0.3 is 0 Å². The lowest BCUT2D eigenvalue weighted by molar-refractivity contribution is 0.0733. The van der Waals surface area contributed by atoms with Gasteiger partial charge in [-0.15, -0.1) is 0 Å². The van der Waals surface area contributed by atoms with E-state index in [1.54, 1.807) is 0 Å². The first-order valence-corrected chi connectivity index (χ1v) is 9.00. The molecule has 0 saturated heterocycles.